The average Bonchev–Trinajstić information content (AvgIpc) is 3.18. The summed E-state index contributed by atoms with van der Waals surface area (Å²) in [4.78, 5) is 45.5. The van der Waals surface area contributed by atoms with Crippen LogP contribution in [0.25, 0.3) is 0 Å². The lowest BCUT2D eigenvalue weighted by Gasteiger charge is -2.35. The highest BCUT2D eigenvalue weighted by molar-refractivity contribution is 8.01. The lowest BCUT2D eigenvalue weighted by molar-refractivity contribution is -0.122. The molecule has 4 heterocycles. The maximum Gasteiger partial charge on any atom is 0.407 e. The van der Waals surface area contributed by atoms with Crippen molar-refractivity contribution < 1.29 is 19.5 Å². The zero-order chi connectivity index (χ0) is 24.1. The van der Waals surface area contributed by atoms with Gasteiger partial charge in [0.2, 0.25) is 5.91 Å². The molecular formula is C25H27N5O4S. The number of piperidine rings is 1. The van der Waals surface area contributed by atoms with Gasteiger partial charge in [-0.05, 0) is 55.4 Å². The lowest BCUT2D eigenvalue weighted by atomic mass is 9.80. The van der Waals surface area contributed by atoms with E-state index >= 15 is 0 Å². The number of likely N-dealkylation sites (tertiary alicyclic amines) is 1. The number of thioether (sulfide) groups is 1. The zero-order valence-corrected chi connectivity index (χ0v) is 20.0. The Balaban J connectivity index is 1.25. The molecule has 9 nitrogen and oxygen atoms in total. The third-order valence-electron chi connectivity index (χ3n) is 7.51. The summed E-state index contributed by atoms with van der Waals surface area (Å²) in [5.41, 5.74) is 3.69. The van der Waals surface area contributed by atoms with Gasteiger partial charge in [0.1, 0.15) is 10.3 Å². The summed E-state index contributed by atoms with van der Waals surface area (Å²) in [5, 5.41) is 15.6. The summed E-state index contributed by atoms with van der Waals surface area (Å²) in [6.45, 7) is 0.756. The Morgan fingerprint density at radius 3 is 2.80 bits per heavy atom. The van der Waals surface area contributed by atoms with Crippen LogP contribution in [-0.4, -0.2) is 57.4 Å². The molecule has 0 spiro atoms. The molecule has 10 heteroatoms. The van der Waals surface area contributed by atoms with E-state index in [1.165, 1.54) is 41.5 Å². The van der Waals surface area contributed by atoms with Crippen LogP contribution in [0.1, 0.15) is 55.2 Å². The Labute approximate surface area is 207 Å². The highest BCUT2D eigenvalue weighted by Gasteiger charge is 2.47. The number of carbonyl (C=O) groups is 3. The second-order valence-electron chi connectivity index (χ2n) is 9.65. The van der Waals surface area contributed by atoms with Crippen molar-refractivity contribution >= 4 is 41.2 Å². The van der Waals surface area contributed by atoms with Crippen molar-refractivity contribution in [2.45, 2.75) is 60.4 Å². The summed E-state index contributed by atoms with van der Waals surface area (Å²) in [5.74, 6) is 0.348. The van der Waals surface area contributed by atoms with Crippen LogP contribution in [0.3, 0.4) is 0 Å². The molecule has 2 aromatic rings. The van der Waals surface area contributed by atoms with Crippen molar-refractivity contribution in [3.63, 3.8) is 0 Å². The first-order valence-electron chi connectivity index (χ1n) is 12.1. The summed E-state index contributed by atoms with van der Waals surface area (Å²) >= 11 is 1.35. The van der Waals surface area contributed by atoms with Crippen LogP contribution in [0.5, 0.6) is 0 Å². The fourth-order valence-corrected chi connectivity index (χ4v) is 6.73. The van der Waals surface area contributed by atoms with E-state index in [1.807, 2.05) is 18.2 Å². The molecule has 1 aromatic carbocycles. The number of rotatable bonds is 4. The van der Waals surface area contributed by atoms with Crippen LogP contribution < -0.4 is 15.5 Å². The molecule has 3 N–H and O–H groups in total. The van der Waals surface area contributed by atoms with Gasteiger partial charge in [0, 0.05) is 30.9 Å². The minimum atomic E-state index is -0.971. The van der Waals surface area contributed by atoms with E-state index in [2.05, 4.69) is 27.8 Å². The quantitative estimate of drug-likeness (QED) is 0.594. The number of amides is 4. The number of carboxylic acid groups (broad SMARTS) is 1. The molecular weight excluding hydrogens is 466 g/mol. The number of nitrogens with one attached hydrogen (secondary N) is 2. The first kappa shape index (κ1) is 22.2. The van der Waals surface area contributed by atoms with Crippen LogP contribution in [0, 0.1) is 0 Å². The Morgan fingerprint density at radius 2 is 2.03 bits per heavy atom. The predicted octanol–water partition coefficient (Wildman–Crippen LogP) is 3.98. The van der Waals surface area contributed by atoms with Crippen LogP contribution in [0.15, 0.2) is 41.6 Å². The molecule has 2 unspecified atom stereocenters. The van der Waals surface area contributed by atoms with E-state index in [0.29, 0.717) is 18.9 Å². The van der Waals surface area contributed by atoms with Crippen LogP contribution >= 0.6 is 11.8 Å². The Morgan fingerprint density at radius 1 is 1.17 bits per heavy atom. The molecule has 4 amide bonds. The SMILES string of the molecule is O=C(N[C@@H]1CCCN(C(=O)O)C1)C1Sc2nccc3c2C1NC(=O)N3c1cccc(C2CCC2)c1. The molecule has 1 saturated carbocycles. The molecule has 182 valence electrons. The number of urea groups is 1. The zero-order valence-electron chi connectivity index (χ0n) is 19.1. The van der Waals surface area contributed by atoms with Crippen LogP contribution in [0.4, 0.5) is 21.0 Å². The van der Waals surface area contributed by atoms with E-state index in [4.69, 9.17) is 0 Å². The maximum absolute atomic E-state index is 13.4. The van der Waals surface area contributed by atoms with Crippen molar-refractivity contribution in [1.82, 2.24) is 20.5 Å². The molecule has 3 aliphatic heterocycles. The monoisotopic (exact) mass is 493 g/mol. The van der Waals surface area contributed by atoms with Gasteiger partial charge in [-0.2, -0.15) is 0 Å². The first-order chi connectivity index (χ1) is 17.0. The molecule has 1 aliphatic carbocycles. The largest absolute Gasteiger partial charge is 0.465 e. The first-order valence-corrected chi connectivity index (χ1v) is 13.0. The summed E-state index contributed by atoms with van der Waals surface area (Å²) in [7, 11) is 0. The van der Waals surface area contributed by atoms with Crippen molar-refractivity contribution in [3.8, 4) is 0 Å². The highest BCUT2D eigenvalue weighted by Crippen LogP contribution is 2.51. The number of pyridine rings is 1. The Bertz CT molecular complexity index is 1200. The van der Waals surface area contributed by atoms with Gasteiger partial charge in [-0.15, -0.1) is 0 Å². The molecule has 0 bridgehead atoms. The fraction of sp³-hybridized carbons (Fsp3) is 0.440. The van der Waals surface area contributed by atoms with E-state index in [9.17, 15) is 19.5 Å². The molecule has 6 rings (SSSR count). The second kappa shape index (κ2) is 8.75. The number of benzene rings is 1. The smallest absolute Gasteiger partial charge is 0.407 e. The Hall–Kier alpha value is -3.27. The molecule has 1 aromatic heterocycles. The number of nitrogens with zero attached hydrogens (tertiary/aromatic N) is 3. The topological polar surface area (TPSA) is 115 Å². The summed E-state index contributed by atoms with van der Waals surface area (Å²) < 4.78 is 0. The van der Waals surface area contributed by atoms with Gasteiger partial charge in [0.15, 0.2) is 0 Å². The van der Waals surface area contributed by atoms with Crippen molar-refractivity contribution in [2.75, 3.05) is 18.0 Å². The number of anilines is 2. The number of hydrogen-bond donors (Lipinski definition) is 3. The number of hydrogen-bond acceptors (Lipinski definition) is 5. The van der Waals surface area contributed by atoms with E-state index in [1.54, 1.807) is 11.1 Å². The van der Waals surface area contributed by atoms with Gasteiger partial charge in [0.25, 0.3) is 0 Å². The summed E-state index contributed by atoms with van der Waals surface area (Å²) in [6, 6.07) is 9.01. The second-order valence-corrected chi connectivity index (χ2v) is 10.8. The molecule has 2 fully saturated rings. The van der Waals surface area contributed by atoms with E-state index in [-0.39, 0.29) is 24.5 Å². The molecule has 35 heavy (non-hydrogen) atoms. The van der Waals surface area contributed by atoms with Gasteiger partial charge < -0.3 is 20.6 Å². The number of aromatic nitrogens is 1. The van der Waals surface area contributed by atoms with Gasteiger partial charge in [-0.25, -0.2) is 14.6 Å². The van der Waals surface area contributed by atoms with Gasteiger partial charge >= 0.3 is 12.1 Å². The van der Waals surface area contributed by atoms with Gasteiger partial charge in [0.05, 0.1) is 17.4 Å². The Kier molecular flexibility index (Phi) is 5.55. The normalized spacial score (nSPS) is 25.5. The minimum Gasteiger partial charge on any atom is -0.465 e. The van der Waals surface area contributed by atoms with Crippen LogP contribution in [0.2, 0.25) is 0 Å². The molecule has 0 radical (unpaired) electrons. The summed E-state index contributed by atoms with van der Waals surface area (Å²) in [6.07, 6.45) is 5.76. The molecule has 4 aliphatic rings. The standard InChI is InChI=1S/C25H27N5O4S/c31-22(27-16-7-3-11-29(13-16)25(33)34)21-20-19-18(9-10-26-23(19)35-21)30(24(32)28-20)17-8-2-6-15(12-17)14-4-1-5-14/h2,6,8-10,12,14,16,20-21H,1,3-5,7,11,13H2,(H,27,31)(H,28,32)(H,33,34)/t16-,20?,21?/m1/s1. The molecule has 3 atom stereocenters. The minimum absolute atomic E-state index is 0.207. The van der Waals surface area contributed by atoms with Crippen molar-refractivity contribution in [3.05, 3.63) is 47.7 Å². The van der Waals surface area contributed by atoms with Crippen LogP contribution in [-0.2, 0) is 4.79 Å². The predicted molar refractivity (Wildman–Crippen MR) is 131 cm³/mol. The third-order valence-corrected chi connectivity index (χ3v) is 8.80. The maximum atomic E-state index is 13.4. The fourth-order valence-electron chi connectivity index (χ4n) is 5.49. The van der Waals surface area contributed by atoms with Gasteiger partial charge in [-0.3, -0.25) is 9.69 Å². The lowest BCUT2D eigenvalue weighted by Crippen LogP contribution is -2.53. The van der Waals surface area contributed by atoms with Crippen molar-refractivity contribution in [1.29, 1.82) is 0 Å². The number of carbonyl (C=O) groups excluding carboxylic acids is 2. The molecule has 1 saturated heterocycles. The van der Waals surface area contributed by atoms with Crippen molar-refractivity contribution in [2.24, 2.45) is 0 Å². The third kappa shape index (κ3) is 3.89. The van der Waals surface area contributed by atoms with Gasteiger partial charge in [-0.1, -0.05) is 30.3 Å². The van der Waals surface area contributed by atoms with E-state index in [0.717, 1.165) is 28.4 Å². The highest BCUT2D eigenvalue weighted by atomic mass is 32.2. The van der Waals surface area contributed by atoms with E-state index < -0.39 is 17.4 Å². The average molecular weight is 494 g/mol.